The van der Waals surface area contributed by atoms with Crippen LogP contribution in [0.2, 0.25) is 0 Å². The summed E-state index contributed by atoms with van der Waals surface area (Å²) >= 11 is 0. The fourth-order valence-electron chi connectivity index (χ4n) is 2.08. The van der Waals surface area contributed by atoms with Gasteiger partial charge in [-0.25, -0.2) is 4.98 Å². The number of nitrogens with two attached hydrogens (primary N) is 1. The largest absolute Gasteiger partial charge is 0.396 e. The third-order valence-electron chi connectivity index (χ3n) is 3.16. The standard InChI is InChI=1S/C12H19N3O/c1-9(13)11-2-4-14-12(6-11)15-5-3-10(7-15)8-16/h2,4,6,9-10,16H,3,5,7-8,13H2,1H3. The van der Waals surface area contributed by atoms with E-state index in [0.717, 1.165) is 30.9 Å². The molecule has 0 amide bonds. The Morgan fingerprint density at radius 3 is 3.12 bits per heavy atom. The van der Waals surface area contributed by atoms with Crippen molar-refractivity contribution in [1.82, 2.24) is 4.98 Å². The van der Waals surface area contributed by atoms with Crippen LogP contribution in [0.25, 0.3) is 0 Å². The fraction of sp³-hybridized carbons (Fsp3) is 0.583. The van der Waals surface area contributed by atoms with Gasteiger partial charge in [-0.2, -0.15) is 0 Å². The molecule has 2 heterocycles. The molecule has 2 rings (SSSR count). The Kier molecular flexibility index (Phi) is 3.41. The number of hydrogen-bond donors (Lipinski definition) is 2. The molecule has 1 aliphatic rings. The molecular weight excluding hydrogens is 202 g/mol. The molecule has 88 valence electrons. The van der Waals surface area contributed by atoms with Crippen molar-refractivity contribution in [3.05, 3.63) is 23.9 Å². The summed E-state index contributed by atoms with van der Waals surface area (Å²) in [4.78, 5) is 6.58. The third-order valence-corrected chi connectivity index (χ3v) is 3.16. The second kappa shape index (κ2) is 4.80. The van der Waals surface area contributed by atoms with Crippen molar-refractivity contribution in [2.24, 2.45) is 11.7 Å². The highest BCUT2D eigenvalue weighted by atomic mass is 16.3. The third kappa shape index (κ3) is 2.33. The molecule has 0 saturated carbocycles. The van der Waals surface area contributed by atoms with Crippen LogP contribution in [-0.2, 0) is 0 Å². The van der Waals surface area contributed by atoms with Gasteiger partial charge in [-0.15, -0.1) is 0 Å². The Hall–Kier alpha value is -1.13. The van der Waals surface area contributed by atoms with Gasteiger partial charge in [0.05, 0.1) is 0 Å². The number of anilines is 1. The summed E-state index contributed by atoms with van der Waals surface area (Å²) in [7, 11) is 0. The summed E-state index contributed by atoms with van der Waals surface area (Å²) in [5.74, 6) is 1.37. The molecule has 1 fully saturated rings. The van der Waals surface area contributed by atoms with Crippen LogP contribution in [-0.4, -0.2) is 29.8 Å². The fourth-order valence-corrected chi connectivity index (χ4v) is 2.08. The summed E-state index contributed by atoms with van der Waals surface area (Å²) in [6.45, 7) is 4.11. The minimum absolute atomic E-state index is 0.0398. The maximum atomic E-state index is 9.11. The quantitative estimate of drug-likeness (QED) is 0.796. The van der Waals surface area contributed by atoms with Crippen molar-refractivity contribution in [3.63, 3.8) is 0 Å². The topological polar surface area (TPSA) is 62.4 Å². The molecule has 1 saturated heterocycles. The van der Waals surface area contributed by atoms with Crippen LogP contribution in [0, 0.1) is 5.92 Å². The summed E-state index contributed by atoms with van der Waals surface area (Å²) in [5.41, 5.74) is 6.96. The number of aliphatic hydroxyl groups is 1. The van der Waals surface area contributed by atoms with E-state index in [2.05, 4.69) is 9.88 Å². The van der Waals surface area contributed by atoms with Crippen LogP contribution in [0.1, 0.15) is 24.9 Å². The minimum Gasteiger partial charge on any atom is -0.396 e. The molecule has 3 N–H and O–H groups in total. The summed E-state index contributed by atoms with van der Waals surface area (Å²) < 4.78 is 0. The predicted octanol–water partition coefficient (Wildman–Crippen LogP) is 0.920. The molecule has 1 aliphatic heterocycles. The van der Waals surface area contributed by atoms with Gasteiger partial charge >= 0.3 is 0 Å². The molecule has 1 aromatic heterocycles. The lowest BCUT2D eigenvalue weighted by molar-refractivity contribution is 0.238. The first-order chi connectivity index (χ1) is 7.70. The maximum absolute atomic E-state index is 9.11. The number of hydrogen-bond acceptors (Lipinski definition) is 4. The van der Waals surface area contributed by atoms with Crippen LogP contribution < -0.4 is 10.6 Å². The van der Waals surface area contributed by atoms with Crippen molar-refractivity contribution in [1.29, 1.82) is 0 Å². The summed E-state index contributed by atoms with van der Waals surface area (Å²) in [6.07, 6.45) is 2.85. The number of nitrogens with zero attached hydrogens (tertiary/aromatic N) is 2. The van der Waals surface area contributed by atoms with Crippen molar-refractivity contribution < 1.29 is 5.11 Å². The van der Waals surface area contributed by atoms with Gasteiger partial charge < -0.3 is 15.7 Å². The number of rotatable bonds is 3. The normalized spacial score (nSPS) is 22.4. The van der Waals surface area contributed by atoms with Crippen molar-refractivity contribution in [2.45, 2.75) is 19.4 Å². The van der Waals surface area contributed by atoms with E-state index in [-0.39, 0.29) is 12.6 Å². The van der Waals surface area contributed by atoms with E-state index in [4.69, 9.17) is 10.8 Å². The van der Waals surface area contributed by atoms with Gasteiger partial charge in [0.25, 0.3) is 0 Å². The molecule has 0 radical (unpaired) electrons. The molecule has 0 bridgehead atoms. The second-order valence-electron chi connectivity index (χ2n) is 4.52. The molecule has 2 unspecified atom stereocenters. The SMILES string of the molecule is CC(N)c1ccnc(N2CCC(CO)C2)c1. The lowest BCUT2D eigenvalue weighted by Gasteiger charge is -2.18. The molecule has 4 nitrogen and oxygen atoms in total. The highest BCUT2D eigenvalue weighted by Gasteiger charge is 2.22. The number of pyridine rings is 1. The molecule has 0 spiro atoms. The molecular formula is C12H19N3O. The Labute approximate surface area is 96.1 Å². The van der Waals surface area contributed by atoms with Crippen molar-refractivity contribution >= 4 is 5.82 Å². The Morgan fingerprint density at radius 2 is 2.50 bits per heavy atom. The van der Waals surface area contributed by atoms with Gasteiger partial charge in [0.1, 0.15) is 5.82 Å². The molecule has 16 heavy (non-hydrogen) atoms. The van der Waals surface area contributed by atoms with Crippen LogP contribution in [0.15, 0.2) is 18.3 Å². The molecule has 2 atom stereocenters. The van der Waals surface area contributed by atoms with Crippen LogP contribution in [0.3, 0.4) is 0 Å². The maximum Gasteiger partial charge on any atom is 0.128 e. The van der Waals surface area contributed by atoms with E-state index in [1.807, 2.05) is 19.1 Å². The van der Waals surface area contributed by atoms with E-state index < -0.39 is 0 Å². The zero-order chi connectivity index (χ0) is 11.5. The molecule has 0 aliphatic carbocycles. The lowest BCUT2D eigenvalue weighted by Crippen LogP contribution is -2.22. The highest BCUT2D eigenvalue weighted by molar-refractivity contribution is 5.42. The lowest BCUT2D eigenvalue weighted by atomic mass is 10.1. The van der Waals surface area contributed by atoms with E-state index >= 15 is 0 Å². The summed E-state index contributed by atoms with van der Waals surface area (Å²) in [5, 5.41) is 9.11. The second-order valence-corrected chi connectivity index (χ2v) is 4.52. The van der Waals surface area contributed by atoms with Gasteiger partial charge in [0, 0.05) is 37.9 Å². The van der Waals surface area contributed by atoms with Gasteiger partial charge in [0.2, 0.25) is 0 Å². The van der Waals surface area contributed by atoms with Gasteiger partial charge in [-0.05, 0) is 31.0 Å². The number of aliphatic hydroxyl groups excluding tert-OH is 1. The highest BCUT2D eigenvalue weighted by Crippen LogP contribution is 2.23. The zero-order valence-corrected chi connectivity index (χ0v) is 9.63. The van der Waals surface area contributed by atoms with E-state index in [9.17, 15) is 0 Å². The summed E-state index contributed by atoms with van der Waals surface area (Å²) in [6, 6.07) is 4.04. The van der Waals surface area contributed by atoms with E-state index in [1.165, 1.54) is 0 Å². The van der Waals surface area contributed by atoms with Crippen LogP contribution >= 0.6 is 0 Å². The number of aromatic nitrogens is 1. The first-order valence-electron chi connectivity index (χ1n) is 5.78. The molecule has 0 aromatic carbocycles. The minimum atomic E-state index is 0.0398. The molecule has 1 aromatic rings. The van der Waals surface area contributed by atoms with Gasteiger partial charge in [-0.1, -0.05) is 0 Å². The smallest absolute Gasteiger partial charge is 0.128 e. The Bertz CT molecular complexity index is 354. The Morgan fingerprint density at radius 1 is 1.69 bits per heavy atom. The van der Waals surface area contributed by atoms with E-state index in [0.29, 0.717) is 5.92 Å². The first kappa shape index (κ1) is 11.4. The van der Waals surface area contributed by atoms with E-state index in [1.54, 1.807) is 6.20 Å². The molecule has 4 heteroatoms. The zero-order valence-electron chi connectivity index (χ0n) is 9.63. The monoisotopic (exact) mass is 221 g/mol. The average Bonchev–Trinajstić information content (AvgIpc) is 2.77. The Balaban J connectivity index is 2.12. The van der Waals surface area contributed by atoms with Crippen molar-refractivity contribution in [3.8, 4) is 0 Å². The van der Waals surface area contributed by atoms with Crippen LogP contribution in [0.4, 0.5) is 5.82 Å². The predicted molar refractivity (Wildman–Crippen MR) is 64.2 cm³/mol. The van der Waals surface area contributed by atoms with Crippen molar-refractivity contribution in [2.75, 3.05) is 24.6 Å². The average molecular weight is 221 g/mol. The first-order valence-corrected chi connectivity index (χ1v) is 5.78. The van der Waals surface area contributed by atoms with Gasteiger partial charge in [-0.3, -0.25) is 0 Å². The van der Waals surface area contributed by atoms with Crippen LogP contribution in [0.5, 0.6) is 0 Å². The van der Waals surface area contributed by atoms with Gasteiger partial charge in [0.15, 0.2) is 0 Å².